The minimum absolute atomic E-state index is 0.0790. The van der Waals surface area contributed by atoms with Crippen LogP contribution in [0.15, 0.2) is 12.3 Å². The molecule has 2 aromatic rings. The number of nitrogens with zero attached hydrogens (tertiary/aromatic N) is 2. The number of nitrogens with one attached hydrogen (secondary N) is 1. The maximum absolute atomic E-state index is 13.4. The van der Waals surface area contributed by atoms with Crippen molar-refractivity contribution in [3.63, 3.8) is 0 Å². The quantitative estimate of drug-likeness (QED) is 0.663. The van der Waals surface area contributed by atoms with Crippen LogP contribution in [0, 0.1) is 30.2 Å². The molecule has 0 aliphatic rings. The monoisotopic (exact) mass is 259 g/mol. The topological polar surface area (TPSA) is 29.9 Å². The van der Waals surface area contributed by atoms with Crippen LogP contribution < -0.4 is 5.32 Å². The molecule has 0 fully saturated rings. The third-order valence-electron chi connectivity index (χ3n) is 2.35. The first-order chi connectivity index (χ1) is 8.40. The second-order valence-corrected chi connectivity index (χ2v) is 3.78. The molecule has 0 aliphatic carbocycles. The molecule has 0 saturated heterocycles. The second-order valence-electron chi connectivity index (χ2n) is 3.78. The van der Waals surface area contributed by atoms with Gasteiger partial charge in [0.2, 0.25) is 5.95 Å². The molecule has 1 heterocycles. The van der Waals surface area contributed by atoms with Gasteiger partial charge in [-0.3, -0.25) is 0 Å². The van der Waals surface area contributed by atoms with Gasteiger partial charge in [0.15, 0.2) is 23.3 Å². The van der Waals surface area contributed by atoms with E-state index in [1.54, 1.807) is 20.2 Å². The summed E-state index contributed by atoms with van der Waals surface area (Å²) in [5.41, 5.74) is -0.307. The van der Waals surface area contributed by atoms with Crippen LogP contribution in [0.3, 0.4) is 0 Å². The van der Waals surface area contributed by atoms with E-state index in [2.05, 4.69) is 10.3 Å². The van der Waals surface area contributed by atoms with Gasteiger partial charge in [-0.05, 0) is 6.92 Å². The molecule has 0 bridgehead atoms. The molecule has 96 valence electrons. The summed E-state index contributed by atoms with van der Waals surface area (Å²) in [6.45, 7) is 1.67. The lowest BCUT2D eigenvalue weighted by Gasteiger charge is -2.09. The van der Waals surface area contributed by atoms with Gasteiger partial charge in [0.25, 0.3) is 0 Å². The zero-order valence-electron chi connectivity index (χ0n) is 9.56. The van der Waals surface area contributed by atoms with Gasteiger partial charge in [-0.2, -0.15) is 0 Å². The first kappa shape index (κ1) is 12.4. The number of aryl methyl sites for hydroxylation is 2. The highest BCUT2D eigenvalue weighted by molar-refractivity contribution is 5.56. The molecule has 1 N–H and O–H groups in total. The highest BCUT2D eigenvalue weighted by Crippen LogP contribution is 2.26. The molecule has 1 aromatic heterocycles. The zero-order valence-corrected chi connectivity index (χ0v) is 9.56. The zero-order chi connectivity index (χ0) is 13.4. The standard InChI is InChI=1S/C11H9F4N3/c1-5-4-18(2)11(16-5)17-10-8(14)6(12)3-7(13)9(10)15/h3-4H,1-2H3,(H,16,17). The summed E-state index contributed by atoms with van der Waals surface area (Å²) in [5.74, 6) is -5.84. The Balaban J connectivity index is 2.49. The molecular formula is C11H9F4N3. The maximum Gasteiger partial charge on any atom is 0.207 e. The lowest BCUT2D eigenvalue weighted by Crippen LogP contribution is -2.06. The van der Waals surface area contributed by atoms with Crippen molar-refractivity contribution in [3.05, 3.63) is 41.2 Å². The van der Waals surface area contributed by atoms with Crippen LogP contribution in [0.2, 0.25) is 0 Å². The Morgan fingerprint density at radius 1 is 1.11 bits per heavy atom. The van der Waals surface area contributed by atoms with Crippen molar-refractivity contribution >= 4 is 11.6 Å². The van der Waals surface area contributed by atoms with Crippen LogP contribution in [-0.4, -0.2) is 9.55 Å². The highest BCUT2D eigenvalue weighted by Gasteiger charge is 2.20. The molecule has 0 unspecified atom stereocenters. The molecule has 0 amide bonds. The summed E-state index contributed by atoms with van der Waals surface area (Å²) in [4.78, 5) is 3.92. The summed E-state index contributed by atoms with van der Waals surface area (Å²) < 4.78 is 54.2. The van der Waals surface area contributed by atoms with Gasteiger partial charge < -0.3 is 9.88 Å². The van der Waals surface area contributed by atoms with E-state index in [4.69, 9.17) is 0 Å². The average Bonchev–Trinajstić information content (AvgIpc) is 2.61. The molecule has 0 aliphatic heterocycles. The van der Waals surface area contributed by atoms with E-state index in [0.717, 1.165) is 0 Å². The van der Waals surface area contributed by atoms with Crippen LogP contribution in [0.1, 0.15) is 5.69 Å². The van der Waals surface area contributed by atoms with Crippen molar-refractivity contribution in [2.75, 3.05) is 5.32 Å². The van der Waals surface area contributed by atoms with Gasteiger partial charge in [0.05, 0.1) is 5.69 Å². The van der Waals surface area contributed by atoms with Crippen molar-refractivity contribution in [3.8, 4) is 0 Å². The number of benzene rings is 1. The summed E-state index contributed by atoms with van der Waals surface area (Å²) >= 11 is 0. The van der Waals surface area contributed by atoms with Crippen LogP contribution >= 0.6 is 0 Å². The Kier molecular flexibility index (Phi) is 2.98. The number of hydrogen-bond donors (Lipinski definition) is 1. The molecule has 0 radical (unpaired) electrons. The summed E-state index contributed by atoms with van der Waals surface area (Å²) in [5, 5.41) is 2.23. The molecule has 7 heteroatoms. The summed E-state index contributed by atoms with van der Waals surface area (Å²) in [7, 11) is 1.58. The molecule has 3 nitrogen and oxygen atoms in total. The molecular weight excluding hydrogens is 250 g/mol. The second kappa shape index (κ2) is 4.32. The smallest absolute Gasteiger partial charge is 0.207 e. The fraction of sp³-hybridized carbons (Fsp3) is 0.182. The third kappa shape index (κ3) is 2.03. The minimum atomic E-state index is -1.49. The van der Waals surface area contributed by atoms with E-state index in [-0.39, 0.29) is 12.0 Å². The largest absolute Gasteiger partial charge is 0.321 e. The van der Waals surface area contributed by atoms with Gasteiger partial charge in [0.1, 0.15) is 5.69 Å². The molecule has 1 aromatic carbocycles. The fourth-order valence-electron chi connectivity index (χ4n) is 1.53. The van der Waals surface area contributed by atoms with E-state index in [9.17, 15) is 17.6 Å². The normalized spacial score (nSPS) is 10.8. The van der Waals surface area contributed by atoms with Crippen molar-refractivity contribution in [2.24, 2.45) is 7.05 Å². The number of hydrogen-bond acceptors (Lipinski definition) is 2. The van der Waals surface area contributed by atoms with E-state index in [0.29, 0.717) is 5.69 Å². The molecule has 0 atom stereocenters. The van der Waals surface area contributed by atoms with Crippen molar-refractivity contribution in [1.29, 1.82) is 0 Å². The van der Waals surface area contributed by atoms with Crippen molar-refractivity contribution < 1.29 is 17.6 Å². The lowest BCUT2D eigenvalue weighted by molar-refractivity contribution is 0.459. The Morgan fingerprint density at radius 2 is 1.67 bits per heavy atom. The molecule has 0 saturated carbocycles. The SMILES string of the molecule is Cc1cn(C)c(Nc2c(F)c(F)cc(F)c2F)n1. The first-order valence-electron chi connectivity index (χ1n) is 5.00. The average molecular weight is 259 g/mol. The lowest BCUT2D eigenvalue weighted by atomic mass is 10.2. The predicted molar refractivity (Wildman–Crippen MR) is 57.5 cm³/mol. The number of anilines is 2. The van der Waals surface area contributed by atoms with Crippen molar-refractivity contribution in [1.82, 2.24) is 9.55 Å². The summed E-state index contributed by atoms with van der Waals surface area (Å²) in [6, 6.07) is 0.152. The molecule has 0 spiro atoms. The number of rotatable bonds is 2. The number of aromatic nitrogens is 2. The van der Waals surface area contributed by atoms with Gasteiger partial charge in [0, 0.05) is 19.3 Å². The Labute approximate surface area is 100 Å². The molecule has 18 heavy (non-hydrogen) atoms. The Morgan fingerprint density at radius 3 is 2.11 bits per heavy atom. The van der Waals surface area contributed by atoms with Crippen LogP contribution in [-0.2, 0) is 7.05 Å². The van der Waals surface area contributed by atoms with Crippen LogP contribution in [0.5, 0.6) is 0 Å². The maximum atomic E-state index is 13.4. The van der Waals surface area contributed by atoms with Crippen LogP contribution in [0.25, 0.3) is 0 Å². The van der Waals surface area contributed by atoms with E-state index >= 15 is 0 Å². The first-order valence-corrected chi connectivity index (χ1v) is 5.00. The number of imidazole rings is 1. The van der Waals surface area contributed by atoms with E-state index in [1.807, 2.05) is 0 Å². The van der Waals surface area contributed by atoms with E-state index < -0.39 is 29.0 Å². The Bertz CT molecular complexity index is 581. The Hall–Kier alpha value is -2.05. The van der Waals surface area contributed by atoms with Gasteiger partial charge in [-0.25, -0.2) is 22.5 Å². The van der Waals surface area contributed by atoms with E-state index in [1.165, 1.54) is 4.57 Å². The predicted octanol–water partition coefficient (Wildman–Crippen LogP) is 3.03. The van der Waals surface area contributed by atoms with Gasteiger partial charge in [-0.15, -0.1) is 0 Å². The van der Waals surface area contributed by atoms with Gasteiger partial charge in [-0.1, -0.05) is 0 Å². The molecule has 2 rings (SSSR count). The minimum Gasteiger partial charge on any atom is -0.321 e. The summed E-state index contributed by atoms with van der Waals surface area (Å²) in [6.07, 6.45) is 1.59. The third-order valence-corrected chi connectivity index (χ3v) is 2.35. The van der Waals surface area contributed by atoms with Gasteiger partial charge >= 0.3 is 0 Å². The fourth-order valence-corrected chi connectivity index (χ4v) is 1.53. The van der Waals surface area contributed by atoms with Crippen LogP contribution in [0.4, 0.5) is 29.2 Å². The highest BCUT2D eigenvalue weighted by atomic mass is 19.2. The van der Waals surface area contributed by atoms with Crippen molar-refractivity contribution in [2.45, 2.75) is 6.92 Å². The number of halogens is 4.